The molecule has 38 heavy (non-hydrogen) atoms. The minimum Gasteiger partial charge on any atom is -0.497 e. The smallest absolute Gasteiger partial charge is 0.150 e. The van der Waals surface area contributed by atoms with E-state index in [1.54, 1.807) is 40.6 Å². The monoisotopic (exact) mass is 512 g/mol. The molecule has 0 unspecified atom stereocenters. The number of methoxy groups -OCH3 is 4. The molecule has 0 amide bonds. The van der Waals surface area contributed by atoms with E-state index in [4.69, 9.17) is 18.9 Å². The van der Waals surface area contributed by atoms with Crippen LogP contribution >= 0.6 is 0 Å². The van der Waals surface area contributed by atoms with Gasteiger partial charge in [-0.2, -0.15) is 0 Å². The maximum atomic E-state index is 11.4. The number of aliphatic hydroxyl groups is 1. The van der Waals surface area contributed by atoms with Crippen LogP contribution in [0, 0.1) is 0 Å². The summed E-state index contributed by atoms with van der Waals surface area (Å²) in [7, 11) is 6.54. The molecule has 4 aromatic carbocycles. The third kappa shape index (κ3) is 5.66. The van der Waals surface area contributed by atoms with E-state index < -0.39 is 0 Å². The van der Waals surface area contributed by atoms with Crippen molar-refractivity contribution in [3.05, 3.63) is 95.1 Å². The van der Waals surface area contributed by atoms with Crippen molar-refractivity contribution in [3.63, 3.8) is 0 Å². The third-order valence-corrected chi connectivity index (χ3v) is 6.65. The maximum Gasteiger partial charge on any atom is 0.150 e. The summed E-state index contributed by atoms with van der Waals surface area (Å²) >= 11 is 0. The Morgan fingerprint density at radius 2 is 1.26 bits per heavy atom. The Bertz CT molecular complexity index is 1430. The van der Waals surface area contributed by atoms with E-state index in [0.29, 0.717) is 22.8 Å². The Labute approximate surface area is 223 Å². The van der Waals surface area contributed by atoms with Crippen molar-refractivity contribution in [1.82, 2.24) is 0 Å². The van der Waals surface area contributed by atoms with Crippen LogP contribution in [0.4, 0.5) is 0 Å². The average molecular weight is 513 g/mol. The molecule has 0 atom stereocenters. The zero-order valence-electron chi connectivity index (χ0n) is 22.1. The number of benzene rings is 4. The number of hydrogen-bond acceptors (Lipinski definition) is 6. The van der Waals surface area contributed by atoms with Crippen LogP contribution in [0.25, 0.3) is 22.3 Å². The summed E-state index contributed by atoms with van der Waals surface area (Å²) in [5.41, 5.74) is 7.22. The number of rotatable bonds is 11. The molecule has 0 radical (unpaired) electrons. The lowest BCUT2D eigenvalue weighted by Crippen LogP contribution is -1.99. The van der Waals surface area contributed by atoms with Gasteiger partial charge >= 0.3 is 0 Å². The summed E-state index contributed by atoms with van der Waals surface area (Å²) in [6.45, 7) is -0.0492. The molecule has 0 fully saturated rings. The molecule has 0 heterocycles. The average Bonchev–Trinajstić information content (AvgIpc) is 2.98. The Kier molecular flexibility index (Phi) is 8.66. The van der Waals surface area contributed by atoms with Crippen molar-refractivity contribution in [2.75, 3.05) is 28.4 Å². The SMILES string of the molecule is COc1ccc(-c2ccc(CO)cc2OC)c(CCc2ccc(OC)c(-c3cc(C=O)ccc3OC)c2)c1. The minimum absolute atomic E-state index is 0.0492. The van der Waals surface area contributed by atoms with E-state index in [-0.39, 0.29) is 6.61 Å². The molecule has 0 saturated heterocycles. The first-order chi connectivity index (χ1) is 18.5. The Morgan fingerprint density at radius 1 is 0.605 bits per heavy atom. The summed E-state index contributed by atoms with van der Waals surface area (Å²) < 4.78 is 22.4. The Hall–Kier alpha value is -4.29. The molecule has 1 N–H and O–H groups in total. The first-order valence-corrected chi connectivity index (χ1v) is 12.3. The van der Waals surface area contributed by atoms with Gasteiger partial charge in [-0.1, -0.05) is 24.3 Å². The van der Waals surface area contributed by atoms with Crippen LogP contribution in [0.5, 0.6) is 23.0 Å². The van der Waals surface area contributed by atoms with Gasteiger partial charge < -0.3 is 24.1 Å². The van der Waals surface area contributed by atoms with E-state index in [1.807, 2.05) is 42.5 Å². The largest absolute Gasteiger partial charge is 0.497 e. The number of ether oxygens (including phenoxy) is 4. The van der Waals surface area contributed by atoms with Crippen molar-refractivity contribution in [1.29, 1.82) is 0 Å². The normalized spacial score (nSPS) is 10.7. The molecule has 4 rings (SSSR count). The lowest BCUT2D eigenvalue weighted by atomic mass is 9.92. The molecular weight excluding hydrogens is 480 g/mol. The number of hydrogen-bond donors (Lipinski definition) is 1. The summed E-state index contributed by atoms with van der Waals surface area (Å²) in [4.78, 5) is 11.4. The molecule has 0 saturated carbocycles. The number of aliphatic hydroxyl groups excluding tert-OH is 1. The van der Waals surface area contributed by atoms with Gasteiger partial charge in [0.05, 0.1) is 35.0 Å². The second kappa shape index (κ2) is 12.3. The molecule has 0 aliphatic heterocycles. The van der Waals surface area contributed by atoms with Crippen LogP contribution < -0.4 is 18.9 Å². The molecule has 0 bridgehead atoms. The summed E-state index contributed by atoms with van der Waals surface area (Å²) in [5, 5.41) is 9.55. The molecule has 6 heteroatoms. The first kappa shape index (κ1) is 26.8. The van der Waals surface area contributed by atoms with Crippen LogP contribution in [0.3, 0.4) is 0 Å². The standard InChI is InChI=1S/C32H32O6/c1-35-25-10-12-26(27-11-6-23(20-34)17-32(27)38-4)24(18-25)9-5-21-7-13-30(36-2)28(15-21)29-16-22(19-33)8-14-31(29)37-3/h6-8,10-19,34H,5,9,20H2,1-4H3. The van der Waals surface area contributed by atoms with Crippen molar-refractivity contribution >= 4 is 6.29 Å². The Morgan fingerprint density at radius 3 is 1.92 bits per heavy atom. The molecular formula is C32H32O6. The van der Waals surface area contributed by atoms with E-state index in [0.717, 1.165) is 63.8 Å². The second-order valence-corrected chi connectivity index (χ2v) is 8.83. The predicted molar refractivity (Wildman–Crippen MR) is 149 cm³/mol. The fraction of sp³-hybridized carbons (Fsp3) is 0.219. The fourth-order valence-corrected chi connectivity index (χ4v) is 4.63. The van der Waals surface area contributed by atoms with Gasteiger partial charge in [-0.3, -0.25) is 4.79 Å². The van der Waals surface area contributed by atoms with Crippen LogP contribution in [0.2, 0.25) is 0 Å². The van der Waals surface area contributed by atoms with Gasteiger partial charge in [-0.25, -0.2) is 0 Å². The fourth-order valence-electron chi connectivity index (χ4n) is 4.63. The summed E-state index contributed by atoms with van der Waals surface area (Å²) in [5.74, 6) is 2.85. The summed E-state index contributed by atoms with van der Waals surface area (Å²) in [6, 6.07) is 23.2. The highest BCUT2D eigenvalue weighted by Gasteiger charge is 2.16. The highest BCUT2D eigenvalue weighted by Crippen LogP contribution is 2.39. The summed E-state index contributed by atoms with van der Waals surface area (Å²) in [6.07, 6.45) is 2.32. The van der Waals surface area contributed by atoms with Gasteiger partial charge in [-0.05, 0) is 83.6 Å². The Balaban J connectivity index is 1.72. The zero-order valence-corrected chi connectivity index (χ0v) is 22.1. The topological polar surface area (TPSA) is 74.2 Å². The third-order valence-electron chi connectivity index (χ3n) is 6.65. The van der Waals surface area contributed by atoms with Crippen LogP contribution in [0.1, 0.15) is 27.0 Å². The van der Waals surface area contributed by atoms with E-state index in [1.165, 1.54) is 0 Å². The molecule has 0 spiro atoms. The van der Waals surface area contributed by atoms with Crippen LogP contribution in [-0.4, -0.2) is 39.8 Å². The van der Waals surface area contributed by atoms with Crippen molar-refractivity contribution < 1.29 is 28.8 Å². The van der Waals surface area contributed by atoms with Gasteiger partial charge in [0.1, 0.15) is 29.3 Å². The van der Waals surface area contributed by atoms with Crippen molar-refractivity contribution in [3.8, 4) is 45.3 Å². The van der Waals surface area contributed by atoms with Gasteiger partial charge in [0, 0.05) is 22.3 Å². The van der Waals surface area contributed by atoms with Crippen molar-refractivity contribution in [2.45, 2.75) is 19.4 Å². The van der Waals surface area contributed by atoms with Gasteiger partial charge in [0.15, 0.2) is 0 Å². The van der Waals surface area contributed by atoms with Crippen molar-refractivity contribution in [2.24, 2.45) is 0 Å². The molecule has 196 valence electrons. The van der Waals surface area contributed by atoms with E-state index >= 15 is 0 Å². The van der Waals surface area contributed by atoms with Gasteiger partial charge in [0.2, 0.25) is 0 Å². The van der Waals surface area contributed by atoms with E-state index in [9.17, 15) is 9.90 Å². The molecule has 6 nitrogen and oxygen atoms in total. The zero-order chi connectivity index (χ0) is 27.1. The molecule has 0 aliphatic rings. The van der Waals surface area contributed by atoms with Gasteiger partial charge in [-0.15, -0.1) is 0 Å². The van der Waals surface area contributed by atoms with Crippen LogP contribution in [0.15, 0.2) is 72.8 Å². The number of carbonyl (C=O) groups is 1. The highest BCUT2D eigenvalue weighted by atomic mass is 16.5. The lowest BCUT2D eigenvalue weighted by molar-refractivity contribution is 0.112. The quantitative estimate of drug-likeness (QED) is 0.243. The first-order valence-electron chi connectivity index (χ1n) is 12.3. The predicted octanol–water partition coefficient (Wildman–Crippen LogP) is 6.15. The highest BCUT2D eigenvalue weighted by molar-refractivity contribution is 5.84. The maximum absolute atomic E-state index is 11.4. The number of aldehydes is 1. The number of aryl methyl sites for hydroxylation is 2. The minimum atomic E-state index is -0.0492. The molecule has 4 aromatic rings. The lowest BCUT2D eigenvalue weighted by Gasteiger charge is -2.17. The van der Waals surface area contributed by atoms with Gasteiger partial charge in [0.25, 0.3) is 0 Å². The number of carbonyl (C=O) groups excluding carboxylic acids is 1. The molecule has 0 aromatic heterocycles. The van der Waals surface area contributed by atoms with Crippen LogP contribution in [-0.2, 0) is 19.4 Å². The van der Waals surface area contributed by atoms with E-state index in [2.05, 4.69) is 18.2 Å². The molecule has 0 aliphatic carbocycles. The second-order valence-electron chi connectivity index (χ2n) is 8.83.